The summed E-state index contributed by atoms with van der Waals surface area (Å²) < 4.78 is 0. The van der Waals surface area contributed by atoms with Crippen molar-refractivity contribution >= 4 is 0 Å². The third-order valence-corrected chi connectivity index (χ3v) is 5.77. The molecule has 0 aliphatic rings. The van der Waals surface area contributed by atoms with E-state index < -0.39 is 0 Å². The van der Waals surface area contributed by atoms with Gasteiger partial charge in [0.2, 0.25) is 0 Å². The summed E-state index contributed by atoms with van der Waals surface area (Å²) in [6.45, 7) is 2.29. The average Bonchev–Trinajstić information content (AvgIpc) is 2.70. The molecule has 1 rings (SSSR count). The fourth-order valence-electron chi connectivity index (χ4n) is 3.90. The van der Waals surface area contributed by atoms with Crippen LogP contribution in [0.5, 0.6) is 0 Å². The first kappa shape index (κ1) is 24.2. The Balaban J connectivity index is 1.74. The lowest BCUT2D eigenvalue weighted by Gasteiger charge is -2.10. The molecule has 0 radical (unpaired) electrons. The van der Waals surface area contributed by atoms with Crippen LogP contribution >= 0.6 is 0 Å². The lowest BCUT2D eigenvalue weighted by atomic mass is 10.0. The molecule has 0 saturated carbocycles. The van der Waals surface area contributed by atoms with E-state index in [9.17, 15) is 5.11 Å². The summed E-state index contributed by atoms with van der Waals surface area (Å²) in [4.78, 5) is 0. The molecule has 1 aromatic carbocycles. The number of unbranched alkanes of at least 4 members (excludes halogenated alkanes) is 16. The molecule has 0 spiro atoms. The highest BCUT2D eigenvalue weighted by Gasteiger charge is 2.05. The van der Waals surface area contributed by atoms with E-state index in [4.69, 9.17) is 0 Å². The molecule has 1 unspecified atom stereocenters. The second-order valence-electron chi connectivity index (χ2n) is 8.37. The van der Waals surface area contributed by atoms with Gasteiger partial charge in [-0.1, -0.05) is 146 Å². The lowest BCUT2D eigenvalue weighted by Crippen LogP contribution is -1.96. The van der Waals surface area contributed by atoms with E-state index in [1.807, 2.05) is 30.3 Å². The first-order valence-corrected chi connectivity index (χ1v) is 12.1. The van der Waals surface area contributed by atoms with Gasteiger partial charge in [-0.05, 0) is 12.0 Å². The Hall–Kier alpha value is -0.820. The van der Waals surface area contributed by atoms with Gasteiger partial charge in [0.15, 0.2) is 0 Å². The van der Waals surface area contributed by atoms with Gasteiger partial charge in [-0.2, -0.15) is 0 Å². The van der Waals surface area contributed by atoms with Crippen LogP contribution in [-0.4, -0.2) is 5.11 Å². The summed E-state index contributed by atoms with van der Waals surface area (Å²) in [6, 6.07) is 10.1. The van der Waals surface area contributed by atoms with Crippen LogP contribution in [0.4, 0.5) is 0 Å². The van der Waals surface area contributed by atoms with Crippen molar-refractivity contribution in [3.05, 3.63) is 35.9 Å². The second-order valence-corrected chi connectivity index (χ2v) is 8.37. The SMILES string of the molecule is CCCCCCCCCCCCCCCCCCCC(O)c1ccccc1. The van der Waals surface area contributed by atoms with Crippen molar-refractivity contribution in [3.63, 3.8) is 0 Å². The number of hydrogen-bond acceptors (Lipinski definition) is 1. The molecule has 156 valence electrons. The predicted octanol–water partition coefficient (Wildman–Crippen LogP) is 8.76. The van der Waals surface area contributed by atoms with Crippen LogP contribution in [0.25, 0.3) is 0 Å². The van der Waals surface area contributed by atoms with E-state index in [1.165, 1.54) is 103 Å². The molecular weight excluding hydrogens is 328 g/mol. The van der Waals surface area contributed by atoms with Gasteiger partial charge in [-0.3, -0.25) is 0 Å². The maximum atomic E-state index is 10.1. The topological polar surface area (TPSA) is 20.2 Å². The Bertz CT molecular complexity index is 400. The van der Waals surface area contributed by atoms with Gasteiger partial charge >= 0.3 is 0 Å². The maximum absolute atomic E-state index is 10.1. The van der Waals surface area contributed by atoms with E-state index in [2.05, 4.69) is 6.92 Å². The van der Waals surface area contributed by atoms with E-state index in [0.29, 0.717) is 0 Å². The van der Waals surface area contributed by atoms with E-state index >= 15 is 0 Å². The molecule has 0 bridgehead atoms. The van der Waals surface area contributed by atoms with Gasteiger partial charge < -0.3 is 5.11 Å². The van der Waals surface area contributed by atoms with E-state index in [1.54, 1.807) is 0 Å². The van der Waals surface area contributed by atoms with Gasteiger partial charge in [-0.15, -0.1) is 0 Å². The molecule has 0 aromatic heterocycles. The largest absolute Gasteiger partial charge is 0.388 e. The predicted molar refractivity (Wildman–Crippen MR) is 120 cm³/mol. The molecule has 1 N–H and O–H groups in total. The third kappa shape index (κ3) is 14.9. The van der Waals surface area contributed by atoms with Crippen molar-refractivity contribution in [3.8, 4) is 0 Å². The lowest BCUT2D eigenvalue weighted by molar-refractivity contribution is 0.163. The summed E-state index contributed by atoms with van der Waals surface area (Å²) in [5.74, 6) is 0. The fraction of sp³-hybridized carbons (Fsp3) is 0.769. The van der Waals surface area contributed by atoms with Crippen molar-refractivity contribution in [1.29, 1.82) is 0 Å². The molecule has 0 aliphatic carbocycles. The standard InChI is InChI=1S/C26H46O/c1-2-3-4-5-6-7-8-9-10-11-12-13-14-15-16-17-21-24-26(27)25-22-19-18-20-23-25/h18-20,22-23,26-27H,2-17,21,24H2,1H3. The van der Waals surface area contributed by atoms with Crippen LogP contribution in [0.2, 0.25) is 0 Å². The molecule has 0 aliphatic heterocycles. The first-order chi connectivity index (χ1) is 13.3. The summed E-state index contributed by atoms with van der Waals surface area (Å²) in [5, 5.41) is 10.1. The van der Waals surface area contributed by atoms with Gasteiger partial charge in [0.25, 0.3) is 0 Å². The summed E-state index contributed by atoms with van der Waals surface area (Å²) in [5.41, 5.74) is 1.06. The van der Waals surface area contributed by atoms with Crippen LogP contribution < -0.4 is 0 Å². The number of aliphatic hydroxyl groups is 1. The second kappa shape index (κ2) is 18.5. The highest BCUT2D eigenvalue weighted by molar-refractivity contribution is 5.16. The molecule has 1 atom stereocenters. The van der Waals surface area contributed by atoms with Crippen LogP contribution in [0, 0.1) is 0 Å². The maximum Gasteiger partial charge on any atom is 0.0790 e. The number of hydrogen-bond donors (Lipinski definition) is 1. The summed E-state index contributed by atoms with van der Waals surface area (Å²) >= 11 is 0. The monoisotopic (exact) mass is 374 g/mol. The molecular formula is C26H46O. The van der Waals surface area contributed by atoms with Crippen molar-refractivity contribution < 1.29 is 5.11 Å². The normalized spacial score (nSPS) is 12.4. The smallest absolute Gasteiger partial charge is 0.0790 e. The van der Waals surface area contributed by atoms with Gasteiger partial charge in [0.1, 0.15) is 0 Å². The number of benzene rings is 1. The van der Waals surface area contributed by atoms with E-state index in [-0.39, 0.29) is 6.10 Å². The van der Waals surface area contributed by atoms with Crippen molar-refractivity contribution in [1.82, 2.24) is 0 Å². The molecule has 0 amide bonds. The minimum absolute atomic E-state index is 0.275. The zero-order valence-corrected chi connectivity index (χ0v) is 18.1. The first-order valence-electron chi connectivity index (χ1n) is 12.1. The highest BCUT2D eigenvalue weighted by Crippen LogP contribution is 2.20. The Morgan fingerprint density at radius 1 is 0.556 bits per heavy atom. The molecule has 1 heteroatoms. The van der Waals surface area contributed by atoms with Gasteiger partial charge in [0, 0.05) is 0 Å². The zero-order chi connectivity index (χ0) is 19.4. The average molecular weight is 375 g/mol. The van der Waals surface area contributed by atoms with Crippen LogP contribution in [0.1, 0.15) is 134 Å². The molecule has 27 heavy (non-hydrogen) atoms. The number of aliphatic hydroxyl groups excluding tert-OH is 1. The van der Waals surface area contributed by atoms with Crippen molar-refractivity contribution in [2.45, 2.75) is 129 Å². The third-order valence-electron chi connectivity index (χ3n) is 5.77. The minimum Gasteiger partial charge on any atom is -0.388 e. The Labute approximate surface area is 170 Å². The molecule has 0 fully saturated rings. The fourth-order valence-corrected chi connectivity index (χ4v) is 3.90. The zero-order valence-electron chi connectivity index (χ0n) is 18.1. The van der Waals surface area contributed by atoms with Crippen molar-refractivity contribution in [2.75, 3.05) is 0 Å². The highest BCUT2D eigenvalue weighted by atomic mass is 16.3. The molecule has 0 saturated heterocycles. The van der Waals surface area contributed by atoms with Crippen molar-refractivity contribution in [2.24, 2.45) is 0 Å². The number of rotatable bonds is 19. The Morgan fingerprint density at radius 3 is 1.33 bits per heavy atom. The minimum atomic E-state index is -0.275. The van der Waals surface area contributed by atoms with Crippen LogP contribution in [0.15, 0.2) is 30.3 Å². The molecule has 1 nitrogen and oxygen atoms in total. The Kier molecular flexibility index (Phi) is 16.6. The quantitative estimate of drug-likeness (QED) is 0.240. The summed E-state index contributed by atoms with van der Waals surface area (Å²) in [6.07, 6.45) is 24.4. The van der Waals surface area contributed by atoms with E-state index in [0.717, 1.165) is 18.4 Å². The van der Waals surface area contributed by atoms with Gasteiger partial charge in [-0.25, -0.2) is 0 Å². The molecule has 1 aromatic rings. The summed E-state index contributed by atoms with van der Waals surface area (Å²) in [7, 11) is 0. The van der Waals surface area contributed by atoms with Crippen LogP contribution in [0.3, 0.4) is 0 Å². The van der Waals surface area contributed by atoms with Crippen LogP contribution in [-0.2, 0) is 0 Å². The van der Waals surface area contributed by atoms with Gasteiger partial charge in [0.05, 0.1) is 6.10 Å². The molecule has 0 heterocycles. The Morgan fingerprint density at radius 2 is 0.926 bits per heavy atom.